The SMILES string of the molecule is Cc1cc(F)cc(NC(=O)C(C#N)c2ccccc2)c1. The lowest BCUT2D eigenvalue weighted by atomic mass is 10.00. The number of rotatable bonds is 3. The molecule has 1 amide bonds. The van der Waals surface area contributed by atoms with Crippen LogP contribution in [0.15, 0.2) is 48.5 Å². The molecule has 2 aromatic rings. The van der Waals surface area contributed by atoms with Crippen molar-refractivity contribution < 1.29 is 9.18 Å². The van der Waals surface area contributed by atoms with Gasteiger partial charge in [0.1, 0.15) is 5.82 Å². The molecule has 0 saturated heterocycles. The van der Waals surface area contributed by atoms with E-state index in [1.165, 1.54) is 12.1 Å². The van der Waals surface area contributed by atoms with Gasteiger partial charge in [-0.1, -0.05) is 30.3 Å². The first-order valence-corrected chi connectivity index (χ1v) is 6.13. The van der Waals surface area contributed by atoms with Crippen molar-refractivity contribution in [2.45, 2.75) is 12.8 Å². The third-order valence-corrected chi connectivity index (χ3v) is 2.83. The van der Waals surface area contributed by atoms with Gasteiger partial charge in [0.15, 0.2) is 5.92 Å². The summed E-state index contributed by atoms with van der Waals surface area (Å²) in [6, 6.07) is 15.0. The fourth-order valence-corrected chi connectivity index (χ4v) is 1.95. The first-order valence-electron chi connectivity index (χ1n) is 6.13. The molecule has 100 valence electrons. The molecule has 0 fully saturated rings. The number of halogens is 1. The number of benzene rings is 2. The number of anilines is 1. The Labute approximate surface area is 116 Å². The molecule has 2 aromatic carbocycles. The Hall–Kier alpha value is -2.67. The molecular weight excluding hydrogens is 255 g/mol. The van der Waals surface area contributed by atoms with Crippen LogP contribution in [0, 0.1) is 24.1 Å². The Morgan fingerprint density at radius 2 is 1.95 bits per heavy atom. The van der Waals surface area contributed by atoms with Crippen molar-refractivity contribution in [1.29, 1.82) is 5.26 Å². The standard InChI is InChI=1S/C16H13FN2O/c1-11-7-13(17)9-14(8-11)19-16(20)15(10-18)12-5-3-2-4-6-12/h2-9,15H,1H3,(H,19,20). The topological polar surface area (TPSA) is 52.9 Å². The lowest BCUT2D eigenvalue weighted by Crippen LogP contribution is -2.20. The number of aryl methyl sites for hydroxylation is 1. The third-order valence-electron chi connectivity index (χ3n) is 2.83. The van der Waals surface area contributed by atoms with Crippen LogP contribution in [0.25, 0.3) is 0 Å². The minimum atomic E-state index is -0.917. The van der Waals surface area contributed by atoms with Crippen LogP contribution in [0.1, 0.15) is 17.0 Å². The van der Waals surface area contributed by atoms with Gasteiger partial charge in [-0.25, -0.2) is 4.39 Å². The van der Waals surface area contributed by atoms with E-state index in [1.54, 1.807) is 37.3 Å². The summed E-state index contributed by atoms with van der Waals surface area (Å²) in [6.07, 6.45) is 0. The van der Waals surface area contributed by atoms with Crippen LogP contribution in [0.5, 0.6) is 0 Å². The minimum Gasteiger partial charge on any atom is -0.325 e. The van der Waals surface area contributed by atoms with Crippen LogP contribution in [-0.4, -0.2) is 5.91 Å². The maximum atomic E-state index is 13.3. The lowest BCUT2D eigenvalue weighted by Gasteiger charge is -2.11. The van der Waals surface area contributed by atoms with Crippen molar-refractivity contribution in [3.8, 4) is 6.07 Å². The van der Waals surface area contributed by atoms with E-state index in [9.17, 15) is 9.18 Å². The van der Waals surface area contributed by atoms with Gasteiger partial charge in [-0.2, -0.15) is 5.26 Å². The Balaban J connectivity index is 2.20. The number of hydrogen-bond donors (Lipinski definition) is 1. The summed E-state index contributed by atoms with van der Waals surface area (Å²) in [6.45, 7) is 1.73. The molecule has 0 bridgehead atoms. The van der Waals surface area contributed by atoms with Crippen molar-refractivity contribution in [3.63, 3.8) is 0 Å². The predicted molar refractivity (Wildman–Crippen MR) is 74.6 cm³/mol. The van der Waals surface area contributed by atoms with Gasteiger partial charge in [-0.15, -0.1) is 0 Å². The molecule has 20 heavy (non-hydrogen) atoms. The second kappa shape index (κ2) is 5.98. The summed E-state index contributed by atoms with van der Waals surface area (Å²) in [5, 5.41) is 11.7. The summed E-state index contributed by atoms with van der Waals surface area (Å²) in [7, 11) is 0. The molecule has 0 spiro atoms. The van der Waals surface area contributed by atoms with Crippen LogP contribution in [0.2, 0.25) is 0 Å². The van der Waals surface area contributed by atoms with Gasteiger partial charge in [-0.3, -0.25) is 4.79 Å². The second-order valence-electron chi connectivity index (χ2n) is 4.48. The normalized spacial score (nSPS) is 11.4. The fourth-order valence-electron chi connectivity index (χ4n) is 1.95. The largest absolute Gasteiger partial charge is 0.325 e. The molecule has 0 radical (unpaired) electrons. The molecule has 0 aliphatic rings. The number of nitrogens with zero attached hydrogens (tertiary/aromatic N) is 1. The van der Waals surface area contributed by atoms with Crippen LogP contribution >= 0.6 is 0 Å². The Morgan fingerprint density at radius 3 is 2.55 bits per heavy atom. The highest BCUT2D eigenvalue weighted by Crippen LogP contribution is 2.19. The average Bonchev–Trinajstić information content (AvgIpc) is 2.39. The number of carbonyl (C=O) groups is 1. The molecule has 0 heterocycles. The van der Waals surface area contributed by atoms with E-state index in [4.69, 9.17) is 5.26 Å². The van der Waals surface area contributed by atoms with Crippen molar-refractivity contribution >= 4 is 11.6 Å². The average molecular weight is 268 g/mol. The number of hydrogen-bond acceptors (Lipinski definition) is 2. The number of nitriles is 1. The first kappa shape index (κ1) is 13.8. The second-order valence-corrected chi connectivity index (χ2v) is 4.48. The van der Waals surface area contributed by atoms with Crippen molar-refractivity contribution in [1.82, 2.24) is 0 Å². The van der Waals surface area contributed by atoms with Gasteiger partial charge in [0, 0.05) is 5.69 Å². The summed E-state index contributed by atoms with van der Waals surface area (Å²) in [4.78, 5) is 12.1. The molecule has 1 unspecified atom stereocenters. The van der Waals surface area contributed by atoms with E-state index in [2.05, 4.69) is 5.32 Å². The van der Waals surface area contributed by atoms with Gasteiger partial charge in [-0.05, 0) is 36.2 Å². The zero-order chi connectivity index (χ0) is 14.5. The smallest absolute Gasteiger partial charge is 0.246 e. The zero-order valence-electron chi connectivity index (χ0n) is 10.9. The molecule has 0 aliphatic carbocycles. The highest BCUT2D eigenvalue weighted by Gasteiger charge is 2.20. The summed E-state index contributed by atoms with van der Waals surface area (Å²) in [5.41, 5.74) is 1.66. The molecular formula is C16H13FN2O. The monoisotopic (exact) mass is 268 g/mol. The van der Waals surface area contributed by atoms with Crippen molar-refractivity contribution in [2.24, 2.45) is 0 Å². The highest BCUT2D eigenvalue weighted by molar-refractivity contribution is 5.97. The maximum absolute atomic E-state index is 13.3. The minimum absolute atomic E-state index is 0.351. The fraction of sp³-hybridized carbons (Fsp3) is 0.125. The highest BCUT2D eigenvalue weighted by atomic mass is 19.1. The van der Waals surface area contributed by atoms with E-state index >= 15 is 0 Å². The first-order chi connectivity index (χ1) is 9.60. The Bertz CT molecular complexity index is 642. The van der Waals surface area contributed by atoms with Crippen molar-refractivity contribution in [2.75, 3.05) is 5.32 Å². The summed E-state index contributed by atoms with van der Waals surface area (Å²) < 4.78 is 13.3. The number of carbonyl (C=O) groups excluding carboxylic acids is 1. The molecule has 1 N–H and O–H groups in total. The van der Waals surface area contributed by atoms with Gasteiger partial charge < -0.3 is 5.32 Å². The number of nitrogens with one attached hydrogen (secondary N) is 1. The molecule has 0 aromatic heterocycles. The molecule has 4 heteroatoms. The van der Waals surface area contributed by atoms with Gasteiger partial charge in [0.2, 0.25) is 5.91 Å². The van der Waals surface area contributed by atoms with Crippen LogP contribution in [-0.2, 0) is 4.79 Å². The van der Waals surface area contributed by atoms with Crippen LogP contribution in [0.3, 0.4) is 0 Å². The molecule has 2 rings (SSSR count). The molecule has 0 saturated carbocycles. The predicted octanol–water partition coefficient (Wildman–Crippen LogP) is 3.38. The molecule has 1 atom stereocenters. The zero-order valence-corrected chi connectivity index (χ0v) is 10.9. The summed E-state index contributed by atoms with van der Waals surface area (Å²) >= 11 is 0. The van der Waals surface area contributed by atoms with E-state index in [0.29, 0.717) is 16.8 Å². The Kier molecular flexibility index (Phi) is 4.11. The quantitative estimate of drug-likeness (QED) is 0.927. The molecule has 0 aliphatic heterocycles. The lowest BCUT2D eigenvalue weighted by molar-refractivity contribution is -0.116. The number of amides is 1. The maximum Gasteiger partial charge on any atom is 0.246 e. The van der Waals surface area contributed by atoms with E-state index in [-0.39, 0.29) is 0 Å². The van der Waals surface area contributed by atoms with Gasteiger partial charge in [0.25, 0.3) is 0 Å². The van der Waals surface area contributed by atoms with E-state index in [0.717, 1.165) is 0 Å². The van der Waals surface area contributed by atoms with Crippen LogP contribution < -0.4 is 5.32 Å². The van der Waals surface area contributed by atoms with Gasteiger partial charge >= 0.3 is 0 Å². The molecule has 3 nitrogen and oxygen atoms in total. The van der Waals surface area contributed by atoms with E-state index < -0.39 is 17.6 Å². The van der Waals surface area contributed by atoms with Crippen molar-refractivity contribution in [3.05, 3.63) is 65.5 Å². The van der Waals surface area contributed by atoms with E-state index in [1.807, 2.05) is 12.1 Å². The van der Waals surface area contributed by atoms with Crippen LogP contribution in [0.4, 0.5) is 10.1 Å². The summed E-state index contributed by atoms with van der Waals surface area (Å²) in [5.74, 6) is -1.81. The Morgan fingerprint density at radius 1 is 1.25 bits per heavy atom. The third kappa shape index (κ3) is 3.21. The van der Waals surface area contributed by atoms with Gasteiger partial charge in [0.05, 0.1) is 6.07 Å².